The Labute approximate surface area is 106 Å². The fourth-order valence-electron chi connectivity index (χ4n) is 1.92. The van der Waals surface area contributed by atoms with Crippen molar-refractivity contribution in [1.82, 2.24) is 10.2 Å². The van der Waals surface area contributed by atoms with Crippen molar-refractivity contribution in [2.24, 2.45) is 0 Å². The molecular formula is C15H26N2. The van der Waals surface area contributed by atoms with Crippen LogP contribution in [0.4, 0.5) is 0 Å². The largest absolute Gasteiger partial charge is 0.313 e. The molecule has 0 bridgehead atoms. The van der Waals surface area contributed by atoms with Crippen molar-refractivity contribution in [3.8, 4) is 0 Å². The van der Waals surface area contributed by atoms with Gasteiger partial charge in [-0.15, -0.1) is 0 Å². The van der Waals surface area contributed by atoms with Crippen LogP contribution in [-0.4, -0.2) is 31.6 Å². The maximum atomic E-state index is 3.51. The lowest BCUT2D eigenvalue weighted by molar-refractivity contribution is 0.283. The van der Waals surface area contributed by atoms with E-state index in [0.29, 0.717) is 12.1 Å². The normalized spacial score (nSPS) is 13.4. The second-order valence-corrected chi connectivity index (χ2v) is 5.14. The van der Waals surface area contributed by atoms with Crippen molar-refractivity contribution in [2.75, 3.05) is 20.6 Å². The standard InChI is InChI=1S/C15H26N2/c1-6-13-7-9-14(10-8-13)15(17(4)5)11-16-12(2)3/h7-10,12,15-16H,6,11H2,1-5H3. The van der Waals surface area contributed by atoms with Crippen LogP contribution in [0, 0.1) is 0 Å². The van der Waals surface area contributed by atoms with Gasteiger partial charge in [0.2, 0.25) is 0 Å². The molecule has 17 heavy (non-hydrogen) atoms. The minimum absolute atomic E-state index is 0.448. The second-order valence-electron chi connectivity index (χ2n) is 5.14. The summed E-state index contributed by atoms with van der Waals surface area (Å²) in [6.07, 6.45) is 1.11. The third-order valence-electron chi connectivity index (χ3n) is 3.12. The molecule has 1 aromatic rings. The Bertz CT molecular complexity index is 314. The van der Waals surface area contributed by atoms with Gasteiger partial charge in [-0.2, -0.15) is 0 Å². The summed E-state index contributed by atoms with van der Waals surface area (Å²) in [5.41, 5.74) is 2.79. The Morgan fingerprint density at radius 2 is 1.71 bits per heavy atom. The van der Waals surface area contributed by atoms with E-state index in [-0.39, 0.29) is 0 Å². The van der Waals surface area contributed by atoms with E-state index in [4.69, 9.17) is 0 Å². The van der Waals surface area contributed by atoms with E-state index >= 15 is 0 Å². The maximum Gasteiger partial charge on any atom is 0.0466 e. The van der Waals surface area contributed by atoms with Crippen molar-refractivity contribution < 1.29 is 0 Å². The molecule has 2 nitrogen and oxygen atoms in total. The highest BCUT2D eigenvalue weighted by Gasteiger charge is 2.13. The Kier molecular flexibility index (Phi) is 5.66. The third-order valence-corrected chi connectivity index (χ3v) is 3.12. The van der Waals surface area contributed by atoms with E-state index in [9.17, 15) is 0 Å². The van der Waals surface area contributed by atoms with Crippen LogP contribution in [0.15, 0.2) is 24.3 Å². The first kappa shape index (κ1) is 14.2. The summed E-state index contributed by atoms with van der Waals surface area (Å²) in [6, 6.07) is 9.97. The first-order valence-corrected chi connectivity index (χ1v) is 6.53. The number of likely N-dealkylation sites (N-methyl/N-ethyl adjacent to an activating group) is 1. The van der Waals surface area contributed by atoms with Crippen molar-refractivity contribution in [3.63, 3.8) is 0 Å². The SMILES string of the molecule is CCc1ccc(C(CNC(C)C)N(C)C)cc1. The number of hydrogen-bond donors (Lipinski definition) is 1. The lowest BCUT2D eigenvalue weighted by Crippen LogP contribution is -2.34. The van der Waals surface area contributed by atoms with Crippen LogP contribution in [0.3, 0.4) is 0 Å². The molecule has 0 aliphatic heterocycles. The maximum absolute atomic E-state index is 3.51. The molecule has 1 unspecified atom stereocenters. The number of rotatable bonds is 6. The summed E-state index contributed by atoms with van der Waals surface area (Å²) >= 11 is 0. The highest BCUT2D eigenvalue weighted by atomic mass is 15.1. The molecule has 0 radical (unpaired) electrons. The minimum atomic E-state index is 0.448. The molecule has 0 heterocycles. The highest BCUT2D eigenvalue weighted by Crippen LogP contribution is 2.18. The lowest BCUT2D eigenvalue weighted by atomic mass is 10.0. The van der Waals surface area contributed by atoms with Gasteiger partial charge in [0.25, 0.3) is 0 Å². The molecule has 1 atom stereocenters. The average Bonchev–Trinajstić information content (AvgIpc) is 2.29. The Hall–Kier alpha value is -0.860. The van der Waals surface area contributed by atoms with Crippen molar-refractivity contribution in [2.45, 2.75) is 39.3 Å². The Morgan fingerprint density at radius 1 is 1.12 bits per heavy atom. The predicted molar refractivity (Wildman–Crippen MR) is 75.4 cm³/mol. The number of nitrogens with zero attached hydrogens (tertiary/aromatic N) is 1. The van der Waals surface area contributed by atoms with Gasteiger partial charge < -0.3 is 10.2 Å². The topological polar surface area (TPSA) is 15.3 Å². The molecule has 1 N–H and O–H groups in total. The van der Waals surface area contributed by atoms with E-state index in [1.54, 1.807) is 0 Å². The van der Waals surface area contributed by atoms with E-state index in [1.165, 1.54) is 11.1 Å². The van der Waals surface area contributed by atoms with Crippen molar-refractivity contribution in [3.05, 3.63) is 35.4 Å². The number of nitrogens with one attached hydrogen (secondary N) is 1. The zero-order chi connectivity index (χ0) is 12.8. The summed E-state index contributed by atoms with van der Waals surface area (Å²) in [5.74, 6) is 0. The molecule has 2 heteroatoms. The fraction of sp³-hybridized carbons (Fsp3) is 0.600. The summed E-state index contributed by atoms with van der Waals surface area (Å²) in [5, 5.41) is 3.51. The van der Waals surface area contributed by atoms with Crippen LogP contribution >= 0.6 is 0 Å². The van der Waals surface area contributed by atoms with Crippen LogP contribution in [0.1, 0.15) is 37.9 Å². The van der Waals surface area contributed by atoms with E-state index in [2.05, 4.69) is 69.3 Å². The number of aryl methyl sites for hydroxylation is 1. The quantitative estimate of drug-likeness (QED) is 0.814. The Balaban J connectivity index is 2.74. The van der Waals surface area contributed by atoms with E-state index < -0.39 is 0 Å². The van der Waals surface area contributed by atoms with Crippen molar-refractivity contribution in [1.29, 1.82) is 0 Å². The second kappa shape index (κ2) is 6.77. The van der Waals surface area contributed by atoms with Gasteiger partial charge in [0.05, 0.1) is 0 Å². The average molecular weight is 234 g/mol. The predicted octanol–water partition coefficient (Wildman–Crippen LogP) is 2.85. The highest BCUT2D eigenvalue weighted by molar-refractivity contribution is 5.25. The van der Waals surface area contributed by atoms with Gasteiger partial charge in [0, 0.05) is 18.6 Å². The molecule has 0 saturated heterocycles. The summed E-state index contributed by atoms with van der Waals surface area (Å²) in [6.45, 7) is 7.56. The van der Waals surface area contributed by atoms with Crippen LogP contribution in [0.2, 0.25) is 0 Å². The summed E-state index contributed by atoms with van der Waals surface area (Å²) in [7, 11) is 4.28. The van der Waals surface area contributed by atoms with Gasteiger partial charge in [0.15, 0.2) is 0 Å². The van der Waals surface area contributed by atoms with Gasteiger partial charge in [-0.05, 0) is 31.6 Å². The molecule has 0 amide bonds. The van der Waals surface area contributed by atoms with Gasteiger partial charge >= 0.3 is 0 Å². The first-order valence-electron chi connectivity index (χ1n) is 6.53. The molecule has 0 aromatic heterocycles. The summed E-state index contributed by atoms with van der Waals surface area (Å²) in [4.78, 5) is 2.27. The van der Waals surface area contributed by atoms with Crippen LogP contribution in [0.25, 0.3) is 0 Å². The molecule has 0 saturated carbocycles. The van der Waals surface area contributed by atoms with Gasteiger partial charge in [0.1, 0.15) is 0 Å². The fourth-order valence-corrected chi connectivity index (χ4v) is 1.92. The molecule has 0 fully saturated rings. The van der Waals surface area contributed by atoms with Crippen LogP contribution in [-0.2, 0) is 6.42 Å². The number of benzene rings is 1. The number of hydrogen-bond acceptors (Lipinski definition) is 2. The molecule has 96 valence electrons. The van der Waals surface area contributed by atoms with Gasteiger partial charge in [-0.3, -0.25) is 0 Å². The first-order chi connectivity index (χ1) is 8.04. The van der Waals surface area contributed by atoms with Crippen molar-refractivity contribution >= 4 is 0 Å². The summed E-state index contributed by atoms with van der Waals surface area (Å²) < 4.78 is 0. The minimum Gasteiger partial charge on any atom is -0.313 e. The smallest absolute Gasteiger partial charge is 0.0466 e. The van der Waals surface area contributed by atoms with Crippen LogP contribution in [0.5, 0.6) is 0 Å². The van der Waals surface area contributed by atoms with Gasteiger partial charge in [-0.1, -0.05) is 45.0 Å². The molecule has 0 spiro atoms. The van der Waals surface area contributed by atoms with Gasteiger partial charge in [-0.25, -0.2) is 0 Å². The molecule has 0 aliphatic rings. The molecule has 1 rings (SSSR count). The molecule has 0 aliphatic carbocycles. The van der Waals surface area contributed by atoms with E-state index in [0.717, 1.165) is 13.0 Å². The zero-order valence-electron chi connectivity index (χ0n) is 11.8. The van der Waals surface area contributed by atoms with Crippen LogP contribution < -0.4 is 5.32 Å². The Morgan fingerprint density at radius 3 is 2.12 bits per heavy atom. The lowest BCUT2D eigenvalue weighted by Gasteiger charge is -2.26. The molecular weight excluding hydrogens is 208 g/mol. The van der Waals surface area contributed by atoms with E-state index in [1.807, 2.05) is 0 Å². The third kappa shape index (κ3) is 4.49. The molecule has 1 aromatic carbocycles. The monoisotopic (exact) mass is 234 g/mol. The zero-order valence-corrected chi connectivity index (χ0v) is 11.8.